The van der Waals surface area contributed by atoms with E-state index in [-0.39, 0.29) is 0 Å². The van der Waals surface area contributed by atoms with Crippen LogP contribution in [0.5, 0.6) is 0 Å². The minimum Gasteiger partial charge on any atom is -0.396 e. The largest absolute Gasteiger partial charge is 0.396 e. The van der Waals surface area contributed by atoms with E-state index in [2.05, 4.69) is 15.9 Å². The average molecular weight is 249 g/mol. The summed E-state index contributed by atoms with van der Waals surface area (Å²) >= 11 is 3.70. The van der Waals surface area contributed by atoms with Crippen LogP contribution in [0.3, 0.4) is 0 Å². The zero-order valence-electron chi connectivity index (χ0n) is 8.34. The van der Waals surface area contributed by atoms with Crippen LogP contribution in [0.25, 0.3) is 0 Å². The molecule has 2 heteroatoms. The fourth-order valence-corrected chi connectivity index (χ4v) is 2.94. The van der Waals surface area contributed by atoms with Gasteiger partial charge in [-0.05, 0) is 25.2 Å². The Kier molecular flexibility index (Phi) is 6.05. The molecule has 0 bridgehead atoms. The summed E-state index contributed by atoms with van der Waals surface area (Å²) in [5, 5.41) is 8.86. The maximum absolute atomic E-state index is 8.86. The van der Waals surface area contributed by atoms with Gasteiger partial charge in [0.15, 0.2) is 0 Å². The summed E-state index contributed by atoms with van der Waals surface area (Å²) in [5.74, 6) is 0.812. The van der Waals surface area contributed by atoms with Crippen LogP contribution in [0, 0.1) is 5.92 Å². The quantitative estimate of drug-likeness (QED) is 0.759. The molecule has 1 N–H and O–H groups in total. The van der Waals surface area contributed by atoms with Gasteiger partial charge in [-0.2, -0.15) is 0 Å². The Hall–Kier alpha value is 0.440. The summed E-state index contributed by atoms with van der Waals surface area (Å²) in [4.78, 5) is 0.551. The Bertz CT molecular complexity index is 119. The first-order valence-electron chi connectivity index (χ1n) is 5.59. The van der Waals surface area contributed by atoms with Crippen LogP contribution in [0.15, 0.2) is 0 Å². The monoisotopic (exact) mass is 248 g/mol. The normalized spacial score (nSPS) is 23.5. The zero-order valence-corrected chi connectivity index (χ0v) is 9.93. The lowest BCUT2D eigenvalue weighted by Gasteiger charge is -2.23. The first-order valence-corrected chi connectivity index (χ1v) is 6.51. The summed E-state index contributed by atoms with van der Waals surface area (Å²) in [7, 11) is 0. The zero-order chi connectivity index (χ0) is 9.52. The number of hydrogen-bond donors (Lipinski definition) is 1. The Morgan fingerprint density at radius 2 is 1.62 bits per heavy atom. The van der Waals surface area contributed by atoms with Crippen LogP contribution in [0.1, 0.15) is 51.4 Å². The molecule has 0 radical (unpaired) electrons. The van der Waals surface area contributed by atoms with Gasteiger partial charge in [0, 0.05) is 11.4 Å². The van der Waals surface area contributed by atoms with Gasteiger partial charge in [-0.3, -0.25) is 0 Å². The highest BCUT2D eigenvalue weighted by atomic mass is 79.9. The van der Waals surface area contributed by atoms with Crippen LogP contribution >= 0.6 is 15.9 Å². The first kappa shape index (κ1) is 11.5. The topological polar surface area (TPSA) is 20.2 Å². The van der Waals surface area contributed by atoms with Crippen molar-refractivity contribution in [2.24, 2.45) is 5.92 Å². The molecule has 1 saturated carbocycles. The Morgan fingerprint density at radius 3 is 2.15 bits per heavy atom. The summed E-state index contributed by atoms with van der Waals surface area (Å²) in [6.45, 7) is 0.326. The highest BCUT2D eigenvalue weighted by molar-refractivity contribution is 9.09. The minimum atomic E-state index is 0.326. The first-order chi connectivity index (χ1) is 6.34. The molecule has 0 aromatic rings. The fraction of sp³-hybridized carbons (Fsp3) is 1.00. The molecule has 1 nitrogen and oxygen atoms in total. The molecule has 0 aliphatic heterocycles. The predicted octanol–water partition coefficient (Wildman–Crippen LogP) is 3.49. The average Bonchev–Trinajstić information content (AvgIpc) is 2.03. The van der Waals surface area contributed by atoms with Crippen molar-refractivity contribution in [3.05, 3.63) is 0 Å². The fourth-order valence-electron chi connectivity index (χ4n) is 2.21. The summed E-state index contributed by atoms with van der Waals surface area (Å²) < 4.78 is 0. The second kappa shape index (κ2) is 6.83. The van der Waals surface area contributed by atoms with E-state index in [9.17, 15) is 0 Å². The molecule has 1 rings (SSSR count). The Balaban J connectivity index is 2.27. The Labute approximate surface area is 90.0 Å². The molecule has 13 heavy (non-hydrogen) atoms. The SMILES string of the molecule is OCCC(Br)C1CCCCCCC1. The van der Waals surface area contributed by atoms with Crippen LogP contribution in [0.2, 0.25) is 0 Å². The van der Waals surface area contributed by atoms with Gasteiger partial charge in [-0.25, -0.2) is 0 Å². The molecule has 0 spiro atoms. The van der Waals surface area contributed by atoms with Crippen molar-refractivity contribution in [2.75, 3.05) is 6.61 Å². The third-order valence-corrected chi connectivity index (χ3v) is 4.27. The number of hydrogen-bond acceptors (Lipinski definition) is 1. The molecular weight excluding hydrogens is 228 g/mol. The van der Waals surface area contributed by atoms with Gasteiger partial charge in [-0.15, -0.1) is 0 Å². The van der Waals surface area contributed by atoms with Gasteiger partial charge < -0.3 is 5.11 Å². The van der Waals surface area contributed by atoms with Gasteiger partial charge in [0.1, 0.15) is 0 Å². The third-order valence-electron chi connectivity index (χ3n) is 3.07. The second-order valence-corrected chi connectivity index (χ2v) is 5.31. The molecule has 0 aromatic heterocycles. The van der Waals surface area contributed by atoms with E-state index in [0.29, 0.717) is 11.4 Å². The second-order valence-electron chi connectivity index (χ2n) is 4.13. The molecular formula is C11H21BrO. The van der Waals surface area contributed by atoms with Gasteiger partial charge in [0.2, 0.25) is 0 Å². The van der Waals surface area contributed by atoms with Crippen molar-refractivity contribution in [2.45, 2.75) is 56.2 Å². The van der Waals surface area contributed by atoms with Crippen LogP contribution < -0.4 is 0 Å². The maximum atomic E-state index is 8.86. The number of aliphatic hydroxyl groups excluding tert-OH is 1. The predicted molar refractivity (Wildman–Crippen MR) is 60.2 cm³/mol. The van der Waals surface area contributed by atoms with Crippen LogP contribution in [0.4, 0.5) is 0 Å². The molecule has 0 saturated heterocycles. The maximum Gasteiger partial charge on any atom is 0.0441 e. The van der Waals surface area contributed by atoms with E-state index in [1.54, 1.807) is 0 Å². The van der Waals surface area contributed by atoms with Gasteiger partial charge in [-0.1, -0.05) is 48.0 Å². The summed E-state index contributed by atoms with van der Waals surface area (Å²) in [6, 6.07) is 0. The van der Waals surface area contributed by atoms with E-state index in [1.165, 1.54) is 44.9 Å². The van der Waals surface area contributed by atoms with E-state index >= 15 is 0 Å². The molecule has 1 unspecified atom stereocenters. The molecule has 0 aromatic carbocycles. The lowest BCUT2D eigenvalue weighted by atomic mass is 9.88. The number of rotatable bonds is 3. The van der Waals surface area contributed by atoms with Crippen molar-refractivity contribution >= 4 is 15.9 Å². The molecule has 1 fully saturated rings. The third kappa shape index (κ3) is 4.46. The number of alkyl halides is 1. The summed E-state index contributed by atoms with van der Waals surface area (Å²) in [5.41, 5.74) is 0. The molecule has 0 heterocycles. The minimum absolute atomic E-state index is 0.326. The number of aliphatic hydroxyl groups is 1. The Morgan fingerprint density at radius 1 is 1.08 bits per heavy atom. The van der Waals surface area contributed by atoms with Crippen molar-refractivity contribution < 1.29 is 5.11 Å². The smallest absolute Gasteiger partial charge is 0.0441 e. The molecule has 1 aliphatic rings. The van der Waals surface area contributed by atoms with Crippen molar-refractivity contribution in [1.29, 1.82) is 0 Å². The standard InChI is InChI=1S/C11H21BrO/c12-11(8-9-13)10-6-4-2-1-3-5-7-10/h10-11,13H,1-9H2. The molecule has 1 aliphatic carbocycles. The van der Waals surface area contributed by atoms with Crippen molar-refractivity contribution in [3.8, 4) is 0 Å². The van der Waals surface area contributed by atoms with Gasteiger partial charge in [0.25, 0.3) is 0 Å². The van der Waals surface area contributed by atoms with Gasteiger partial charge in [0.05, 0.1) is 0 Å². The molecule has 1 atom stereocenters. The lowest BCUT2D eigenvalue weighted by molar-refractivity contribution is 0.265. The van der Waals surface area contributed by atoms with E-state index in [1.807, 2.05) is 0 Å². The molecule has 0 amide bonds. The van der Waals surface area contributed by atoms with Crippen LogP contribution in [-0.4, -0.2) is 16.5 Å². The molecule has 78 valence electrons. The summed E-state index contributed by atoms with van der Waals surface area (Å²) in [6.07, 6.45) is 10.7. The van der Waals surface area contributed by atoms with Gasteiger partial charge >= 0.3 is 0 Å². The van der Waals surface area contributed by atoms with Crippen molar-refractivity contribution in [3.63, 3.8) is 0 Å². The van der Waals surface area contributed by atoms with E-state index < -0.39 is 0 Å². The van der Waals surface area contributed by atoms with E-state index in [0.717, 1.165) is 12.3 Å². The van der Waals surface area contributed by atoms with Crippen LogP contribution in [-0.2, 0) is 0 Å². The van der Waals surface area contributed by atoms with E-state index in [4.69, 9.17) is 5.11 Å². The highest BCUT2D eigenvalue weighted by Gasteiger charge is 2.18. The number of halogens is 1. The lowest BCUT2D eigenvalue weighted by Crippen LogP contribution is -2.17. The highest BCUT2D eigenvalue weighted by Crippen LogP contribution is 2.29. The van der Waals surface area contributed by atoms with Crippen molar-refractivity contribution in [1.82, 2.24) is 0 Å².